The Labute approximate surface area is 216 Å². The van der Waals surface area contributed by atoms with Crippen LogP contribution in [-0.4, -0.2) is 28.1 Å². The Morgan fingerprint density at radius 3 is 2.16 bits per heavy atom. The van der Waals surface area contributed by atoms with Crippen LogP contribution in [-0.2, 0) is 17.1 Å². The molecule has 0 saturated heterocycles. The maximum absolute atomic E-state index is 13.2. The maximum Gasteiger partial charge on any atom is 0.416 e. The SMILES string of the molecule is CCC(C)C(NC(=O)c1cc(C(F)(F)F)cc(C(F)(F)F)c1)C(=O)Nc1nnc(-c2cccc(Cl)c2)s1. The molecule has 0 radical (unpaired) electrons. The minimum atomic E-state index is -5.12. The molecule has 0 aliphatic heterocycles. The Morgan fingerprint density at radius 1 is 1.00 bits per heavy atom. The van der Waals surface area contributed by atoms with Crippen LogP contribution in [0.5, 0.6) is 0 Å². The number of aromatic nitrogens is 2. The first kappa shape index (κ1) is 28.4. The number of hydrogen-bond acceptors (Lipinski definition) is 5. The molecular weight excluding hydrogens is 546 g/mol. The molecule has 2 amide bonds. The highest BCUT2D eigenvalue weighted by Crippen LogP contribution is 2.36. The van der Waals surface area contributed by atoms with Gasteiger partial charge in [-0.15, -0.1) is 10.2 Å². The highest BCUT2D eigenvalue weighted by atomic mass is 35.5. The van der Waals surface area contributed by atoms with Gasteiger partial charge < -0.3 is 5.32 Å². The summed E-state index contributed by atoms with van der Waals surface area (Å²) in [5.41, 5.74) is -3.52. The summed E-state index contributed by atoms with van der Waals surface area (Å²) in [5, 5.41) is 13.6. The normalized spacial score (nSPS) is 13.6. The van der Waals surface area contributed by atoms with Crippen LogP contribution >= 0.6 is 22.9 Å². The van der Waals surface area contributed by atoms with Crippen molar-refractivity contribution < 1.29 is 35.9 Å². The standard InChI is InChI=1S/C23H19ClF6N4O2S/c1-3-11(2)17(19(36)32-21-34-33-20(37-21)12-5-4-6-16(24)9-12)31-18(35)13-7-14(22(25,26)27)10-15(8-13)23(28,29)30/h4-11,17H,3H2,1-2H3,(H,31,35)(H,32,34,36). The number of carbonyl (C=O) groups excluding carboxylic acids is 2. The Balaban J connectivity index is 1.84. The van der Waals surface area contributed by atoms with Crippen molar-refractivity contribution in [2.75, 3.05) is 5.32 Å². The molecule has 3 rings (SSSR count). The summed E-state index contributed by atoms with van der Waals surface area (Å²) >= 11 is 6.98. The predicted octanol–water partition coefficient (Wildman–Crippen LogP) is 6.68. The Bertz CT molecular complexity index is 1260. The number of nitrogens with zero attached hydrogens (tertiary/aromatic N) is 2. The molecule has 6 nitrogen and oxygen atoms in total. The van der Waals surface area contributed by atoms with Crippen molar-refractivity contribution in [3.63, 3.8) is 0 Å². The number of alkyl halides is 6. The van der Waals surface area contributed by atoms with Gasteiger partial charge in [0.15, 0.2) is 0 Å². The van der Waals surface area contributed by atoms with Crippen LogP contribution in [0.4, 0.5) is 31.5 Å². The second-order valence-corrected chi connectivity index (χ2v) is 9.46. The second kappa shape index (κ2) is 11.1. The van der Waals surface area contributed by atoms with Gasteiger partial charge >= 0.3 is 12.4 Å². The minimum absolute atomic E-state index is 0.0703. The van der Waals surface area contributed by atoms with Gasteiger partial charge in [0.1, 0.15) is 11.0 Å². The quantitative estimate of drug-likeness (QED) is 0.314. The summed E-state index contributed by atoms with van der Waals surface area (Å²) < 4.78 is 79.1. The van der Waals surface area contributed by atoms with Gasteiger partial charge in [-0.25, -0.2) is 0 Å². The molecule has 0 fully saturated rings. The number of nitrogens with one attached hydrogen (secondary N) is 2. The number of rotatable bonds is 7. The fraction of sp³-hybridized carbons (Fsp3) is 0.304. The third-order valence-corrected chi connectivity index (χ3v) is 6.48. The lowest BCUT2D eigenvalue weighted by molar-refractivity contribution is -0.143. The van der Waals surface area contributed by atoms with E-state index >= 15 is 0 Å². The zero-order chi connectivity index (χ0) is 27.5. The number of carbonyl (C=O) groups is 2. The molecule has 0 bridgehead atoms. The van der Waals surface area contributed by atoms with Crippen LogP contribution in [0.2, 0.25) is 5.02 Å². The Morgan fingerprint density at radius 2 is 1.62 bits per heavy atom. The zero-order valence-corrected chi connectivity index (χ0v) is 20.7. The Kier molecular flexibility index (Phi) is 8.48. The van der Waals surface area contributed by atoms with E-state index in [0.717, 1.165) is 11.3 Å². The molecule has 0 spiro atoms. The fourth-order valence-corrected chi connectivity index (χ4v) is 4.14. The number of halogens is 7. The van der Waals surface area contributed by atoms with E-state index in [-0.39, 0.29) is 11.2 Å². The lowest BCUT2D eigenvalue weighted by Gasteiger charge is -2.23. The van der Waals surface area contributed by atoms with E-state index in [1.54, 1.807) is 38.1 Å². The van der Waals surface area contributed by atoms with Crippen molar-refractivity contribution in [2.24, 2.45) is 5.92 Å². The molecule has 37 heavy (non-hydrogen) atoms. The molecular formula is C23H19ClF6N4O2S. The monoisotopic (exact) mass is 564 g/mol. The summed E-state index contributed by atoms with van der Waals surface area (Å²) in [5.74, 6) is -2.56. The van der Waals surface area contributed by atoms with Crippen LogP contribution in [0, 0.1) is 5.92 Å². The summed E-state index contributed by atoms with van der Waals surface area (Å²) in [7, 11) is 0. The molecule has 14 heteroatoms. The van der Waals surface area contributed by atoms with E-state index in [2.05, 4.69) is 20.8 Å². The van der Waals surface area contributed by atoms with Gasteiger partial charge in [0.2, 0.25) is 11.0 Å². The second-order valence-electron chi connectivity index (χ2n) is 8.04. The first-order valence-electron chi connectivity index (χ1n) is 10.7. The van der Waals surface area contributed by atoms with Gasteiger partial charge in [0.05, 0.1) is 11.1 Å². The van der Waals surface area contributed by atoms with Gasteiger partial charge in [0.25, 0.3) is 5.91 Å². The van der Waals surface area contributed by atoms with Crippen LogP contribution < -0.4 is 10.6 Å². The summed E-state index contributed by atoms with van der Waals surface area (Å²) in [6.07, 6.45) is -9.89. The van der Waals surface area contributed by atoms with Crippen LogP contribution in [0.15, 0.2) is 42.5 Å². The minimum Gasteiger partial charge on any atom is -0.340 e. The van der Waals surface area contributed by atoms with E-state index < -0.39 is 52.8 Å². The van der Waals surface area contributed by atoms with Gasteiger partial charge in [-0.3, -0.25) is 14.9 Å². The number of hydrogen-bond donors (Lipinski definition) is 2. The maximum atomic E-state index is 13.2. The van der Waals surface area contributed by atoms with Crippen molar-refractivity contribution in [1.29, 1.82) is 0 Å². The average molecular weight is 565 g/mol. The average Bonchev–Trinajstić information content (AvgIpc) is 3.28. The summed E-state index contributed by atoms with van der Waals surface area (Å²) in [6, 6.07) is 5.96. The van der Waals surface area contributed by atoms with Crippen molar-refractivity contribution in [3.05, 3.63) is 64.2 Å². The third kappa shape index (κ3) is 7.19. The number of amides is 2. The van der Waals surface area contributed by atoms with E-state index in [9.17, 15) is 35.9 Å². The molecule has 0 aliphatic carbocycles. The Hall–Kier alpha value is -3.19. The molecule has 2 aromatic carbocycles. The van der Waals surface area contributed by atoms with Gasteiger partial charge in [0, 0.05) is 16.1 Å². The predicted molar refractivity (Wildman–Crippen MR) is 126 cm³/mol. The summed E-state index contributed by atoms with van der Waals surface area (Å²) in [4.78, 5) is 25.7. The molecule has 0 saturated carbocycles. The topological polar surface area (TPSA) is 84.0 Å². The molecule has 2 unspecified atom stereocenters. The lowest BCUT2D eigenvalue weighted by atomic mass is 9.97. The molecule has 2 atom stereocenters. The molecule has 198 valence electrons. The van der Waals surface area contributed by atoms with Crippen molar-refractivity contribution >= 4 is 39.9 Å². The number of anilines is 1. The van der Waals surface area contributed by atoms with E-state index in [0.29, 0.717) is 34.1 Å². The first-order chi connectivity index (χ1) is 17.2. The van der Waals surface area contributed by atoms with Crippen LogP contribution in [0.1, 0.15) is 41.8 Å². The molecule has 2 N–H and O–H groups in total. The fourth-order valence-electron chi connectivity index (χ4n) is 3.21. The van der Waals surface area contributed by atoms with Crippen LogP contribution in [0.25, 0.3) is 10.6 Å². The zero-order valence-electron chi connectivity index (χ0n) is 19.2. The smallest absolute Gasteiger partial charge is 0.340 e. The largest absolute Gasteiger partial charge is 0.416 e. The van der Waals surface area contributed by atoms with Gasteiger partial charge in [-0.05, 0) is 36.2 Å². The first-order valence-corrected chi connectivity index (χ1v) is 11.9. The molecule has 0 aliphatic rings. The van der Waals surface area contributed by atoms with Gasteiger partial charge in [-0.2, -0.15) is 26.3 Å². The molecule has 1 heterocycles. The van der Waals surface area contributed by atoms with Gasteiger partial charge in [-0.1, -0.05) is 55.3 Å². The summed E-state index contributed by atoms with van der Waals surface area (Å²) in [6.45, 7) is 3.29. The van der Waals surface area contributed by atoms with E-state index in [4.69, 9.17) is 11.6 Å². The molecule has 3 aromatic rings. The molecule has 1 aromatic heterocycles. The van der Waals surface area contributed by atoms with Crippen molar-refractivity contribution in [2.45, 2.75) is 38.7 Å². The van der Waals surface area contributed by atoms with Crippen molar-refractivity contribution in [1.82, 2.24) is 15.5 Å². The van der Waals surface area contributed by atoms with E-state index in [1.807, 2.05) is 0 Å². The van der Waals surface area contributed by atoms with Crippen LogP contribution in [0.3, 0.4) is 0 Å². The highest BCUT2D eigenvalue weighted by Gasteiger charge is 2.38. The third-order valence-electron chi connectivity index (χ3n) is 5.36. The van der Waals surface area contributed by atoms with E-state index in [1.165, 1.54) is 0 Å². The van der Waals surface area contributed by atoms with Crippen molar-refractivity contribution in [3.8, 4) is 10.6 Å². The highest BCUT2D eigenvalue weighted by molar-refractivity contribution is 7.18. The number of benzene rings is 2. The lowest BCUT2D eigenvalue weighted by Crippen LogP contribution is -2.47.